The third-order valence-corrected chi connectivity index (χ3v) is 4.06. The van der Waals surface area contributed by atoms with Crippen LogP contribution in [0.25, 0.3) is 10.9 Å². The van der Waals surface area contributed by atoms with Crippen molar-refractivity contribution in [3.63, 3.8) is 0 Å². The molecule has 0 amide bonds. The van der Waals surface area contributed by atoms with E-state index in [4.69, 9.17) is 17.4 Å². The van der Waals surface area contributed by atoms with Gasteiger partial charge in [-0.3, -0.25) is 10.6 Å². The lowest BCUT2D eigenvalue weighted by Crippen LogP contribution is -2.20. The van der Waals surface area contributed by atoms with Crippen LogP contribution in [0, 0.1) is 0 Å². The molecule has 0 radical (unpaired) electrons. The number of aromatic nitrogens is 1. The fraction of sp³-hybridized carbons (Fsp3) is 0.0588. The van der Waals surface area contributed by atoms with Crippen molar-refractivity contribution in [1.82, 2.24) is 4.57 Å². The van der Waals surface area contributed by atoms with E-state index in [9.17, 15) is 14.7 Å². The van der Waals surface area contributed by atoms with Crippen LogP contribution in [0.5, 0.6) is 0 Å². The lowest BCUT2D eigenvalue weighted by atomic mass is 10.1. The van der Waals surface area contributed by atoms with Crippen LogP contribution in [0.4, 0.5) is 5.69 Å². The Balaban J connectivity index is 2.30. The number of hydrogen-bond acceptors (Lipinski definition) is 4. The number of pyridine rings is 1. The van der Waals surface area contributed by atoms with E-state index in [1.54, 1.807) is 10.6 Å². The van der Waals surface area contributed by atoms with E-state index in [1.165, 1.54) is 12.3 Å². The highest BCUT2D eigenvalue weighted by Gasteiger charge is 2.16. The van der Waals surface area contributed by atoms with Gasteiger partial charge in [0.05, 0.1) is 16.2 Å². The second-order valence-corrected chi connectivity index (χ2v) is 5.69. The first-order valence-corrected chi connectivity index (χ1v) is 7.49. The van der Waals surface area contributed by atoms with E-state index in [0.717, 1.165) is 5.56 Å². The molecule has 0 aliphatic rings. The van der Waals surface area contributed by atoms with Crippen LogP contribution < -0.4 is 16.7 Å². The van der Waals surface area contributed by atoms with E-state index in [-0.39, 0.29) is 10.9 Å². The predicted octanol–water partition coefficient (Wildman–Crippen LogP) is 2.69. The van der Waals surface area contributed by atoms with Crippen molar-refractivity contribution in [2.45, 2.75) is 6.54 Å². The second kappa shape index (κ2) is 6.35. The normalized spacial score (nSPS) is 10.8. The van der Waals surface area contributed by atoms with Crippen LogP contribution in [0.3, 0.4) is 0 Å². The molecule has 2 aromatic carbocycles. The molecule has 0 spiro atoms. The van der Waals surface area contributed by atoms with Crippen molar-refractivity contribution in [3.05, 3.63) is 75.0 Å². The Morgan fingerprint density at radius 3 is 2.58 bits per heavy atom. The SMILES string of the molecule is NNc1cc2c(=O)c(C(=O)O)cn(Cc3ccccc3)c2cc1Cl. The third kappa shape index (κ3) is 2.84. The lowest BCUT2D eigenvalue weighted by molar-refractivity contribution is 0.0695. The van der Waals surface area contributed by atoms with Crippen molar-refractivity contribution in [3.8, 4) is 0 Å². The van der Waals surface area contributed by atoms with Crippen LogP contribution in [-0.4, -0.2) is 15.6 Å². The van der Waals surface area contributed by atoms with Crippen molar-refractivity contribution < 1.29 is 9.90 Å². The van der Waals surface area contributed by atoms with Gasteiger partial charge in [-0.2, -0.15) is 0 Å². The summed E-state index contributed by atoms with van der Waals surface area (Å²) in [5.74, 6) is 4.11. The van der Waals surface area contributed by atoms with Crippen LogP contribution >= 0.6 is 11.6 Å². The molecule has 1 aromatic heterocycles. The molecular weight excluding hydrogens is 330 g/mol. The number of halogens is 1. The van der Waals surface area contributed by atoms with E-state index in [2.05, 4.69) is 5.43 Å². The number of aromatic carboxylic acids is 1. The molecule has 0 aliphatic heterocycles. The molecule has 0 bridgehead atoms. The molecule has 3 rings (SSSR count). The Kier molecular flexibility index (Phi) is 4.24. The van der Waals surface area contributed by atoms with Gasteiger partial charge in [-0.15, -0.1) is 0 Å². The molecular formula is C17H14ClN3O3. The number of carboxylic acid groups (broad SMARTS) is 1. The van der Waals surface area contributed by atoms with Gasteiger partial charge in [-0.1, -0.05) is 41.9 Å². The number of nitrogens with two attached hydrogens (primary N) is 1. The number of hydrogen-bond donors (Lipinski definition) is 3. The topological polar surface area (TPSA) is 97.3 Å². The lowest BCUT2D eigenvalue weighted by Gasteiger charge is -2.14. The minimum Gasteiger partial charge on any atom is -0.477 e. The number of benzene rings is 2. The largest absolute Gasteiger partial charge is 0.477 e. The van der Waals surface area contributed by atoms with E-state index < -0.39 is 11.4 Å². The molecule has 0 unspecified atom stereocenters. The molecule has 7 heteroatoms. The summed E-state index contributed by atoms with van der Waals surface area (Å²) in [4.78, 5) is 23.9. The van der Waals surface area contributed by atoms with Crippen molar-refractivity contribution in [1.29, 1.82) is 0 Å². The Morgan fingerprint density at radius 2 is 1.96 bits per heavy atom. The molecule has 24 heavy (non-hydrogen) atoms. The molecule has 0 saturated carbocycles. The molecule has 4 N–H and O–H groups in total. The fourth-order valence-corrected chi connectivity index (χ4v) is 2.80. The summed E-state index contributed by atoms with van der Waals surface area (Å²) in [6.45, 7) is 0.406. The average Bonchev–Trinajstić information content (AvgIpc) is 2.57. The van der Waals surface area contributed by atoms with Gasteiger partial charge in [0.25, 0.3) is 0 Å². The first-order chi connectivity index (χ1) is 11.5. The Hall–Kier alpha value is -2.83. The van der Waals surface area contributed by atoms with Gasteiger partial charge >= 0.3 is 5.97 Å². The van der Waals surface area contributed by atoms with Gasteiger partial charge in [-0.05, 0) is 17.7 Å². The molecule has 122 valence electrons. The number of carboxylic acids is 1. The van der Waals surface area contributed by atoms with Crippen molar-refractivity contribution >= 4 is 34.2 Å². The van der Waals surface area contributed by atoms with Gasteiger partial charge in [0.2, 0.25) is 5.43 Å². The van der Waals surface area contributed by atoms with Crippen LogP contribution in [0.15, 0.2) is 53.5 Å². The number of hydrazine groups is 1. The molecule has 6 nitrogen and oxygen atoms in total. The first-order valence-electron chi connectivity index (χ1n) is 7.12. The standard InChI is InChI=1S/C17H14ClN3O3/c18-13-7-15-11(6-14(13)20-19)16(22)12(17(23)24)9-21(15)8-10-4-2-1-3-5-10/h1-7,9,20H,8,19H2,(H,23,24). The fourth-order valence-electron chi connectivity index (χ4n) is 2.59. The number of nitrogen functional groups attached to an aromatic ring is 1. The molecule has 0 saturated heterocycles. The molecule has 0 atom stereocenters. The smallest absolute Gasteiger partial charge is 0.341 e. The highest BCUT2D eigenvalue weighted by Crippen LogP contribution is 2.26. The maximum Gasteiger partial charge on any atom is 0.341 e. The van der Waals surface area contributed by atoms with Gasteiger partial charge in [0, 0.05) is 18.1 Å². The maximum absolute atomic E-state index is 12.4. The zero-order chi connectivity index (χ0) is 17.3. The third-order valence-electron chi connectivity index (χ3n) is 3.75. The number of anilines is 1. The summed E-state index contributed by atoms with van der Waals surface area (Å²) in [5.41, 5.74) is 3.39. The number of rotatable bonds is 4. The Bertz CT molecular complexity index is 984. The minimum absolute atomic E-state index is 0.239. The van der Waals surface area contributed by atoms with Gasteiger partial charge in [-0.25, -0.2) is 4.79 Å². The molecule has 3 aromatic rings. The molecule has 1 heterocycles. The predicted molar refractivity (Wildman–Crippen MR) is 93.5 cm³/mol. The summed E-state index contributed by atoms with van der Waals surface area (Å²) in [6, 6.07) is 12.6. The van der Waals surface area contributed by atoms with Gasteiger partial charge < -0.3 is 15.1 Å². The van der Waals surface area contributed by atoms with Crippen molar-refractivity contribution in [2.75, 3.05) is 5.43 Å². The molecule has 0 aliphatic carbocycles. The number of nitrogens with zero attached hydrogens (tertiary/aromatic N) is 1. The zero-order valence-electron chi connectivity index (χ0n) is 12.5. The summed E-state index contributed by atoms with van der Waals surface area (Å²) >= 11 is 6.16. The highest BCUT2D eigenvalue weighted by atomic mass is 35.5. The number of carbonyl (C=O) groups is 1. The van der Waals surface area contributed by atoms with Gasteiger partial charge in [0.1, 0.15) is 5.56 Å². The van der Waals surface area contributed by atoms with Crippen molar-refractivity contribution in [2.24, 2.45) is 5.84 Å². The summed E-state index contributed by atoms with van der Waals surface area (Å²) in [7, 11) is 0. The second-order valence-electron chi connectivity index (χ2n) is 5.28. The van der Waals surface area contributed by atoms with E-state index in [1.807, 2.05) is 30.3 Å². The zero-order valence-corrected chi connectivity index (χ0v) is 13.2. The van der Waals surface area contributed by atoms with Crippen LogP contribution in [-0.2, 0) is 6.54 Å². The first kappa shape index (κ1) is 16.0. The Labute approximate surface area is 142 Å². The maximum atomic E-state index is 12.4. The van der Waals surface area contributed by atoms with Gasteiger partial charge in [0.15, 0.2) is 0 Å². The highest BCUT2D eigenvalue weighted by molar-refractivity contribution is 6.34. The van der Waals surface area contributed by atoms with E-state index >= 15 is 0 Å². The quantitative estimate of drug-likeness (QED) is 0.500. The summed E-state index contributed by atoms with van der Waals surface area (Å²) in [6.07, 6.45) is 1.34. The van der Waals surface area contributed by atoms with E-state index in [0.29, 0.717) is 22.8 Å². The van der Waals surface area contributed by atoms with Crippen LogP contribution in [0.1, 0.15) is 15.9 Å². The monoisotopic (exact) mass is 343 g/mol. The minimum atomic E-state index is -1.28. The number of nitrogens with one attached hydrogen (secondary N) is 1. The summed E-state index contributed by atoms with van der Waals surface area (Å²) < 4.78 is 1.70. The Morgan fingerprint density at radius 1 is 1.25 bits per heavy atom. The van der Waals surface area contributed by atoms with Crippen LogP contribution in [0.2, 0.25) is 5.02 Å². The number of fused-ring (bicyclic) bond motifs is 1. The summed E-state index contributed by atoms with van der Waals surface area (Å²) in [5, 5.41) is 9.90. The average molecular weight is 344 g/mol. The molecule has 0 fully saturated rings.